The molecule has 0 radical (unpaired) electrons. The number of esters is 1. The SMILES string of the molecule is CC(C)CCC(C)(C)OC(=O)Cc1ccc(B2OC(C)(C)C(C)(C)O2)cc1. The molecule has 1 fully saturated rings. The predicted molar refractivity (Wildman–Crippen MR) is 110 cm³/mol. The summed E-state index contributed by atoms with van der Waals surface area (Å²) in [5, 5.41) is 0. The van der Waals surface area contributed by atoms with Crippen LogP contribution in [0.3, 0.4) is 0 Å². The lowest BCUT2D eigenvalue weighted by Gasteiger charge is -2.32. The largest absolute Gasteiger partial charge is 0.494 e. The third kappa shape index (κ3) is 5.82. The molecule has 27 heavy (non-hydrogen) atoms. The number of rotatable bonds is 7. The Hall–Kier alpha value is -1.33. The molecule has 0 amide bonds. The summed E-state index contributed by atoms with van der Waals surface area (Å²) in [5.41, 5.74) is 0.746. The molecule has 0 N–H and O–H groups in total. The highest BCUT2D eigenvalue weighted by Gasteiger charge is 2.51. The second-order valence-corrected chi connectivity index (χ2v) is 9.67. The molecule has 2 rings (SSSR count). The molecule has 0 aromatic heterocycles. The lowest BCUT2D eigenvalue weighted by atomic mass is 9.79. The lowest BCUT2D eigenvalue weighted by Crippen LogP contribution is -2.41. The Morgan fingerprint density at radius 2 is 1.59 bits per heavy atom. The summed E-state index contributed by atoms with van der Waals surface area (Å²) < 4.78 is 17.8. The fourth-order valence-corrected chi connectivity index (χ4v) is 2.97. The normalized spacial score (nSPS) is 18.8. The molecule has 1 aliphatic heterocycles. The van der Waals surface area contributed by atoms with E-state index < -0.39 is 5.60 Å². The van der Waals surface area contributed by atoms with Gasteiger partial charge in [0, 0.05) is 0 Å². The molecule has 1 aromatic rings. The molecule has 0 spiro atoms. The Balaban J connectivity index is 1.93. The average Bonchev–Trinajstić information content (AvgIpc) is 2.73. The van der Waals surface area contributed by atoms with Crippen LogP contribution in [-0.4, -0.2) is 29.9 Å². The average molecular weight is 374 g/mol. The van der Waals surface area contributed by atoms with Gasteiger partial charge in [0.1, 0.15) is 5.60 Å². The molecular formula is C22H35BO4. The molecule has 1 saturated heterocycles. The Morgan fingerprint density at radius 3 is 2.07 bits per heavy atom. The lowest BCUT2D eigenvalue weighted by molar-refractivity contribution is -0.156. The van der Waals surface area contributed by atoms with Gasteiger partial charge in [-0.1, -0.05) is 38.1 Å². The predicted octanol–water partition coefficient (Wildman–Crippen LogP) is 4.29. The summed E-state index contributed by atoms with van der Waals surface area (Å²) >= 11 is 0. The van der Waals surface area contributed by atoms with Crippen LogP contribution in [0.4, 0.5) is 0 Å². The van der Waals surface area contributed by atoms with Crippen molar-refractivity contribution in [2.45, 2.75) is 91.5 Å². The fraction of sp³-hybridized carbons (Fsp3) is 0.682. The van der Waals surface area contributed by atoms with Gasteiger partial charge < -0.3 is 14.0 Å². The summed E-state index contributed by atoms with van der Waals surface area (Å²) in [6.07, 6.45) is 2.19. The van der Waals surface area contributed by atoms with Gasteiger partial charge in [-0.25, -0.2) is 0 Å². The second kappa shape index (κ2) is 7.96. The van der Waals surface area contributed by atoms with E-state index in [1.807, 2.05) is 65.8 Å². The van der Waals surface area contributed by atoms with Gasteiger partial charge in [-0.15, -0.1) is 0 Å². The van der Waals surface area contributed by atoms with Crippen LogP contribution >= 0.6 is 0 Å². The van der Waals surface area contributed by atoms with E-state index in [9.17, 15) is 4.79 Å². The van der Waals surface area contributed by atoms with E-state index in [1.165, 1.54) is 0 Å². The number of hydrogen-bond donors (Lipinski definition) is 0. The zero-order valence-corrected chi connectivity index (χ0v) is 18.2. The van der Waals surface area contributed by atoms with Gasteiger partial charge in [0.15, 0.2) is 0 Å². The van der Waals surface area contributed by atoms with Crippen LogP contribution in [-0.2, 0) is 25.3 Å². The van der Waals surface area contributed by atoms with Gasteiger partial charge in [-0.3, -0.25) is 4.79 Å². The molecule has 0 bridgehead atoms. The Morgan fingerprint density at radius 1 is 1.07 bits per heavy atom. The first-order chi connectivity index (χ1) is 12.3. The molecule has 1 heterocycles. The molecular weight excluding hydrogens is 339 g/mol. The fourth-order valence-electron chi connectivity index (χ4n) is 2.97. The van der Waals surface area contributed by atoms with Crippen molar-refractivity contribution in [1.29, 1.82) is 0 Å². The Labute approximate surface area is 165 Å². The van der Waals surface area contributed by atoms with Crippen molar-refractivity contribution in [2.24, 2.45) is 5.92 Å². The van der Waals surface area contributed by atoms with Crippen molar-refractivity contribution in [3.8, 4) is 0 Å². The highest BCUT2D eigenvalue weighted by molar-refractivity contribution is 6.62. The minimum absolute atomic E-state index is 0.188. The number of carbonyl (C=O) groups excluding carboxylic acids is 1. The Bertz CT molecular complexity index is 631. The topological polar surface area (TPSA) is 44.8 Å². The summed E-state index contributed by atoms with van der Waals surface area (Å²) in [5.74, 6) is 0.414. The quantitative estimate of drug-likeness (QED) is 0.528. The van der Waals surface area contributed by atoms with Gasteiger partial charge in [0.05, 0.1) is 17.6 Å². The van der Waals surface area contributed by atoms with E-state index in [2.05, 4.69) is 13.8 Å². The molecule has 150 valence electrons. The van der Waals surface area contributed by atoms with Gasteiger partial charge in [0.2, 0.25) is 0 Å². The van der Waals surface area contributed by atoms with Crippen LogP contribution in [0.2, 0.25) is 0 Å². The van der Waals surface area contributed by atoms with Crippen LogP contribution in [0.1, 0.15) is 73.8 Å². The monoisotopic (exact) mass is 374 g/mol. The smallest absolute Gasteiger partial charge is 0.459 e. The highest BCUT2D eigenvalue weighted by atomic mass is 16.7. The van der Waals surface area contributed by atoms with Gasteiger partial charge in [0.25, 0.3) is 0 Å². The molecule has 0 aliphatic carbocycles. The van der Waals surface area contributed by atoms with Crippen molar-refractivity contribution < 1.29 is 18.8 Å². The summed E-state index contributed by atoms with van der Waals surface area (Å²) in [6, 6.07) is 7.83. The molecule has 0 unspecified atom stereocenters. The molecule has 4 nitrogen and oxygen atoms in total. The van der Waals surface area contributed by atoms with E-state index >= 15 is 0 Å². The van der Waals surface area contributed by atoms with E-state index in [-0.39, 0.29) is 30.7 Å². The van der Waals surface area contributed by atoms with Crippen LogP contribution in [0.15, 0.2) is 24.3 Å². The van der Waals surface area contributed by atoms with Crippen LogP contribution in [0.25, 0.3) is 0 Å². The molecule has 0 saturated carbocycles. The number of carbonyl (C=O) groups is 1. The van der Waals surface area contributed by atoms with Crippen LogP contribution in [0.5, 0.6) is 0 Å². The van der Waals surface area contributed by atoms with Crippen molar-refractivity contribution >= 4 is 18.6 Å². The molecule has 1 aliphatic rings. The summed E-state index contributed by atoms with van der Waals surface area (Å²) in [6.45, 7) is 16.5. The minimum Gasteiger partial charge on any atom is -0.459 e. The van der Waals surface area contributed by atoms with E-state index in [4.69, 9.17) is 14.0 Å². The summed E-state index contributed by atoms with van der Waals surface area (Å²) in [7, 11) is -0.383. The van der Waals surface area contributed by atoms with E-state index in [1.54, 1.807) is 0 Å². The number of benzene rings is 1. The maximum absolute atomic E-state index is 12.3. The van der Waals surface area contributed by atoms with Crippen molar-refractivity contribution in [1.82, 2.24) is 0 Å². The third-order valence-electron chi connectivity index (χ3n) is 5.57. The van der Waals surface area contributed by atoms with Gasteiger partial charge >= 0.3 is 13.1 Å². The first-order valence-corrected chi connectivity index (χ1v) is 9.98. The van der Waals surface area contributed by atoms with Crippen LogP contribution < -0.4 is 5.46 Å². The first-order valence-electron chi connectivity index (χ1n) is 9.98. The second-order valence-electron chi connectivity index (χ2n) is 9.67. The minimum atomic E-state index is -0.427. The van der Waals surface area contributed by atoms with E-state index in [0.29, 0.717) is 5.92 Å². The highest BCUT2D eigenvalue weighted by Crippen LogP contribution is 2.36. The molecule has 0 atom stereocenters. The number of hydrogen-bond acceptors (Lipinski definition) is 4. The van der Waals surface area contributed by atoms with Crippen molar-refractivity contribution in [2.75, 3.05) is 0 Å². The standard InChI is InChI=1S/C22H35BO4/c1-16(2)13-14-20(3,4)25-19(24)15-17-9-11-18(12-10-17)23-26-21(5,6)22(7,8)27-23/h9-12,16H,13-15H2,1-8H3. The third-order valence-corrected chi connectivity index (χ3v) is 5.57. The van der Waals surface area contributed by atoms with Crippen LogP contribution in [0, 0.1) is 5.92 Å². The molecule has 1 aromatic carbocycles. The zero-order chi connectivity index (χ0) is 20.5. The number of ether oxygens (including phenoxy) is 1. The maximum Gasteiger partial charge on any atom is 0.494 e. The summed E-state index contributed by atoms with van der Waals surface area (Å²) in [4.78, 5) is 12.3. The zero-order valence-electron chi connectivity index (χ0n) is 18.2. The molecule has 5 heteroatoms. The first kappa shape index (κ1) is 22.0. The van der Waals surface area contributed by atoms with E-state index in [0.717, 1.165) is 23.9 Å². The Kier molecular flexibility index (Phi) is 6.48. The van der Waals surface area contributed by atoms with Gasteiger partial charge in [-0.05, 0) is 71.3 Å². The van der Waals surface area contributed by atoms with Crippen molar-refractivity contribution in [3.05, 3.63) is 29.8 Å². The van der Waals surface area contributed by atoms with Gasteiger partial charge in [-0.2, -0.15) is 0 Å². The van der Waals surface area contributed by atoms with Crippen molar-refractivity contribution in [3.63, 3.8) is 0 Å². The maximum atomic E-state index is 12.3.